The Hall–Kier alpha value is -1.84. The Bertz CT molecular complexity index is 384. The van der Waals surface area contributed by atoms with Crippen LogP contribution in [0.2, 0.25) is 0 Å². The Morgan fingerprint density at radius 2 is 2.17 bits per heavy atom. The van der Waals surface area contributed by atoms with Crippen molar-refractivity contribution in [2.24, 2.45) is 0 Å². The van der Waals surface area contributed by atoms with Crippen LogP contribution in [-0.2, 0) is 0 Å². The van der Waals surface area contributed by atoms with Crippen molar-refractivity contribution in [3.05, 3.63) is 29.3 Å². The van der Waals surface area contributed by atoms with E-state index >= 15 is 0 Å². The highest BCUT2D eigenvalue weighted by atomic mass is 16.4. The fraction of sp³-hybridized carbons (Fsp3) is 0. The van der Waals surface area contributed by atoms with E-state index in [1.807, 2.05) is 0 Å². The third-order valence-corrected chi connectivity index (χ3v) is 1.77. The normalized spacial score (nSPS) is 12.8. The molecule has 2 bridgehead atoms. The highest BCUT2D eigenvalue weighted by Crippen LogP contribution is 2.26. The molecule has 1 aromatic rings. The van der Waals surface area contributed by atoms with Crippen molar-refractivity contribution in [1.82, 2.24) is 0 Å². The molecule has 4 heteroatoms. The van der Waals surface area contributed by atoms with Gasteiger partial charge in [0.25, 0.3) is 5.91 Å². The van der Waals surface area contributed by atoms with Crippen LogP contribution in [0, 0.1) is 0 Å². The van der Waals surface area contributed by atoms with Crippen LogP contribution in [0.25, 0.3) is 0 Å². The van der Waals surface area contributed by atoms with Crippen LogP contribution in [0.5, 0.6) is 0 Å². The number of carboxylic acids is 1. The minimum absolute atomic E-state index is 0.0718. The summed E-state index contributed by atoms with van der Waals surface area (Å²) in [5.41, 5.74) is 0.688. The van der Waals surface area contributed by atoms with Crippen molar-refractivity contribution >= 4 is 17.6 Å². The van der Waals surface area contributed by atoms with Gasteiger partial charge in [0.1, 0.15) is 0 Å². The van der Waals surface area contributed by atoms with Crippen LogP contribution < -0.4 is 5.32 Å². The quantitative estimate of drug-likeness (QED) is 0.647. The molecule has 1 aliphatic heterocycles. The molecule has 0 fully saturated rings. The zero-order chi connectivity index (χ0) is 8.72. The molecule has 0 atom stereocenters. The van der Waals surface area contributed by atoms with Gasteiger partial charge >= 0.3 is 5.97 Å². The highest BCUT2D eigenvalue weighted by molar-refractivity contribution is 6.19. The van der Waals surface area contributed by atoms with Gasteiger partial charge in [-0.05, 0) is 12.1 Å². The van der Waals surface area contributed by atoms with Crippen LogP contribution in [0.3, 0.4) is 0 Å². The highest BCUT2D eigenvalue weighted by Gasteiger charge is 2.26. The van der Waals surface area contributed by atoms with E-state index in [-0.39, 0.29) is 17.0 Å². The fourth-order valence-corrected chi connectivity index (χ4v) is 1.27. The minimum atomic E-state index is -1.07. The van der Waals surface area contributed by atoms with E-state index in [1.165, 1.54) is 6.07 Å². The lowest BCUT2D eigenvalue weighted by molar-refractivity contribution is 0.0696. The van der Waals surface area contributed by atoms with E-state index in [4.69, 9.17) is 5.11 Å². The maximum absolute atomic E-state index is 11.0. The van der Waals surface area contributed by atoms with Gasteiger partial charge in [0.2, 0.25) is 0 Å². The lowest BCUT2D eigenvalue weighted by atomic mass is 10.1. The third-order valence-electron chi connectivity index (χ3n) is 1.77. The van der Waals surface area contributed by atoms with Crippen LogP contribution in [0.15, 0.2) is 18.2 Å². The molecule has 2 N–H and O–H groups in total. The molecule has 2 rings (SSSR count). The molecule has 1 aromatic carbocycles. The summed E-state index contributed by atoms with van der Waals surface area (Å²) in [4.78, 5) is 21.7. The molecule has 1 aliphatic rings. The summed E-state index contributed by atoms with van der Waals surface area (Å²) >= 11 is 0. The maximum atomic E-state index is 11.0. The van der Waals surface area contributed by atoms with Gasteiger partial charge in [0, 0.05) is 0 Å². The average molecular weight is 163 g/mol. The van der Waals surface area contributed by atoms with Crippen molar-refractivity contribution in [2.45, 2.75) is 0 Å². The van der Waals surface area contributed by atoms with Gasteiger partial charge < -0.3 is 10.4 Å². The molecule has 0 spiro atoms. The van der Waals surface area contributed by atoms with Crippen molar-refractivity contribution in [3.63, 3.8) is 0 Å². The molecule has 0 unspecified atom stereocenters. The first-order valence-electron chi connectivity index (χ1n) is 3.38. The lowest BCUT2D eigenvalue weighted by Gasteiger charge is -1.94. The van der Waals surface area contributed by atoms with E-state index in [2.05, 4.69) is 5.32 Å². The number of fused-ring (bicyclic) bond motifs is 2. The Morgan fingerprint density at radius 3 is 2.67 bits per heavy atom. The number of aromatic carboxylic acids is 1. The second-order valence-corrected chi connectivity index (χ2v) is 2.49. The number of hydrogen-bond donors (Lipinski definition) is 2. The first-order valence-corrected chi connectivity index (χ1v) is 3.38. The number of carboxylic acid groups (broad SMARTS) is 1. The lowest BCUT2D eigenvalue weighted by Crippen LogP contribution is -2.03. The number of rotatable bonds is 1. The van der Waals surface area contributed by atoms with Gasteiger partial charge in [-0.25, -0.2) is 4.79 Å². The van der Waals surface area contributed by atoms with Crippen molar-refractivity contribution < 1.29 is 14.7 Å². The van der Waals surface area contributed by atoms with Crippen molar-refractivity contribution in [1.29, 1.82) is 0 Å². The predicted molar refractivity (Wildman–Crippen MR) is 41.4 cm³/mol. The Balaban J connectivity index is 2.72. The summed E-state index contributed by atoms with van der Waals surface area (Å²) in [5, 5.41) is 11.2. The molecule has 60 valence electrons. The van der Waals surface area contributed by atoms with E-state index in [1.54, 1.807) is 12.1 Å². The van der Waals surface area contributed by atoms with Gasteiger partial charge in [-0.2, -0.15) is 0 Å². The Labute approximate surface area is 67.8 Å². The van der Waals surface area contributed by atoms with E-state index in [0.29, 0.717) is 5.69 Å². The number of carbonyl (C=O) groups is 2. The molecular weight excluding hydrogens is 158 g/mol. The molecule has 0 aromatic heterocycles. The third kappa shape index (κ3) is 0.717. The molecule has 0 saturated carbocycles. The summed E-state index contributed by atoms with van der Waals surface area (Å²) in [6.07, 6.45) is 0. The number of anilines is 1. The van der Waals surface area contributed by atoms with Gasteiger partial charge in [-0.1, -0.05) is 6.07 Å². The van der Waals surface area contributed by atoms with Gasteiger partial charge in [0.05, 0.1) is 16.8 Å². The second kappa shape index (κ2) is 2.07. The van der Waals surface area contributed by atoms with Crippen LogP contribution in [0.4, 0.5) is 5.69 Å². The topological polar surface area (TPSA) is 66.4 Å². The fourth-order valence-electron chi connectivity index (χ4n) is 1.27. The number of hydrogen-bond acceptors (Lipinski definition) is 2. The standard InChI is InChI=1S/C8H5NO3/c10-7-4-2-1-3-5(9-7)6(4)8(11)12/h1-3H,(H,9,10)(H,11,12). The van der Waals surface area contributed by atoms with Crippen molar-refractivity contribution in [3.8, 4) is 0 Å². The summed E-state index contributed by atoms with van der Waals surface area (Å²) in [6.45, 7) is 0. The first kappa shape index (κ1) is 6.84. The zero-order valence-corrected chi connectivity index (χ0v) is 6.00. The number of carbonyl (C=O) groups excluding carboxylic acids is 1. The van der Waals surface area contributed by atoms with Crippen molar-refractivity contribution in [2.75, 3.05) is 5.32 Å². The van der Waals surface area contributed by atoms with Crippen LogP contribution >= 0.6 is 0 Å². The largest absolute Gasteiger partial charge is 0.478 e. The average Bonchev–Trinajstić information content (AvgIpc) is 2.20. The van der Waals surface area contributed by atoms with E-state index < -0.39 is 5.97 Å². The summed E-state index contributed by atoms with van der Waals surface area (Å²) in [7, 11) is 0. The molecule has 1 heterocycles. The summed E-state index contributed by atoms with van der Waals surface area (Å²) < 4.78 is 0. The van der Waals surface area contributed by atoms with E-state index in [0.717, 1.165) is 0 Å². The smallest absolute Gasteiger partial charge is 0.338 e. The number of amides is 1. The minimum Gasteiger partial charge on any atom is -0.478 e. The van der Waals surface area contributed by atoms with Crippen LogP contribution in [-0.4, -0.2) is 17.0 Å². The summed E-state index contributed by atoms with van der Waals surface area (Å²) in [6, 6.07) is 4.71. The molecule has 1 amide bonds. The Morgan fingerprint density at radius 1 is 1.42 bits per heavy atom. The molecule has 0 saturated heterocycles. The first-order chi connectivity index (χ1) is 5.70. The predicted octanol–water partition coefficient (Wildman–Crippen LogP) is 0.950. The zero-order valence-electron chi connectivity index (χ0n) is 6.00. The number of benzene rings is 1. The molecule has 0 aliphatic carbocycles. The molecular formula is C8H5NO3. The Kier molecular flexibility index (Phi) is 1.18. The summed E-state index contributed by atoms with van der Waals surface area (Å²) in [5.74, 6) is -1.41. The van der Waals surface area contributed by atoms with Gasteiger partial charge in [-0.3, -0.25) is 4.79 Å². The van der Waals surface area contributed by atoms with Crippen LogP contribution in [0.1, 0.15) is 20.7 Å². The second-order valence-electron chi connectivity index (χ2n) is 2.49. The molecule has 4 nitrogen and oxygen atoms in total. The maximum Gasteiger partial charge on any atom is 0.338 e. The molecule has 0 radical (unpaired) electrons. The van der Waals surface area contributed by atoms with E-state index in [9.17, 15) is 9.59 Å². The number of nitrogens with one attached hydrogen (secondary N) is 1. The molecule has 12 heavy (non-hydrogen) atoms. The van der Waals surface area contributed by atoms with Gasteiger partial charge in [0.15, 0.2) is 0 Å². The SMILES string of the molecule is O=C1Nc2cccc1c2C(=O)O. The monoisotopic (exact) mass is 163 g/mol. The van der Waals surface area contributed by atoms with Gasteiger partial charge in [-0.15, -0.1) is 0 Å².